The number of hydrogen-bond donors (Lipinski definition) is 2. The molecule has 5 nitrogen and oxygen atoms in total. The van der Waals surface area contributed by atoms with E-state index in [1.165, 1.54) is 12.1 Å². The first-order chi connectivity index (χ1) is 9.47. The van der Waals surface area contributed by atoms with E-state index in [1.54, 1.807) is 6.92 Å². The Balaban J connectivity index is 2.22. The Hall–Kier alpha value is -1.95. The van der Waals surface area contributed by atoms with Gasteiger partial charge in [0.05, 0.1) is 16.6 Å². The van der Waals surface area contributed by atoms with Gasteiger partial charge in [0.2, 0.25) is 0 Å². The van der Waals surface area contributed by atoms with Gasteiger partial charge in [-0.15, -0.1) is 0 Å². The second-order valence-electron chi connectivity index (χ2n) is 5.08. The van der Waals surface area contributed by atoms with Crippen LogP contribution in [0.3, 0.4) is 0 Å². The molecule has 1 heterocycles. The summed E-state index contributed by atoms with van der Waals surface area (Å²) < 4.78 is 13.9. The number of aryl methyl sites for hydroxylation is 1. The van der Waals surface area contributed by atoms with Crippen molar-refractivity contribution in [2.45, 2.75) is 13.3 Å². The molecule has 0 radical (unpaired) electrons. The highest BCUT2D eigenvalue weighted by Gasteiger charge is 2.08. The zero-order valence-electron chi connectivity index (χ0n) is 12.0. The predicted octanol–water partition coefficient (Wildman–Crippen LogP) is 1.73. The van der Waals surface area contributed by atoms with Crippen molar-refractivity contribution in [2.75, 3.05) is 32.5 Å². The van der Waals surface area contributed by atoms with E-state index < -0.39 is 0 Å². The monoisotopic (exact) mass is 278 g/mol. The second kappa shape index (κ2) is 6.00. The molecule has 0 aliphatic carbocycles. The zero-order valence-corrected chi connectivity index (χ0v) is 12.0. The highest BCUT2D eigenvalue weighted by molar-refractivity contribution is 5.81. The predicted molar refractivity (Wildman–Crippen MR) is 78.7 cm³/mol. The molecule has 6 heteroatoms. The number of nitrogens with one attached hydrogen (secondary N) is 2. The van der Waals surface area contributed by atoms with E-state index >= 15 is 0 Å². The average molecular weight is 278 g/mol. The summed E-state index contributed by atoms with van der Waals surface area (Å²) in [5, 5.41) is 3.42. The first-order valence-corrected chi connectivity index (χ1v) is 6.56. The maximum absolute atomic E-state index is 13.9. The molecule has 2 N–H and O–H groups in total. The quantitative estimate of drug-likeness (QED) is 0.818. The van der Waals surface area contributed by atoms with Crippen LogP contribution in [0.2, 0.25) is 0 Å². The van der Waals surface area contributed by atoms with E-state index in [9.17, 15) is 9.18 Å². The normalized spacial score (nSPS) is 11.2. The van der Waals surface area contributed by atoms with Gasteiger partial charge >= 0.3 is 0 Å². The molecule has 108 valence electrons. The minimum absolute atomic E-state index is 0.246. The van der Waals surface area contributed by atoms with Gasteiger partial charge in [0.1, 0.15) is 11.6 Å². The Morgan fingerprint density at radius 2 is 2.15 bits per heavy atom. The molecule has 0 unspecified atom stereocenters. The maximum atomic E-state index is 13.9. The van der Waals surface area contributed by atoms with Crippen molar-refractivity contribution in [1.29, 1.82) is 0 Å². The van der Waals surface area contributed by atoms with Crippen molar-refractivity contribution < 1.29 is 4.39 Å². The van der Waals surface area contributed by atoms with Gasteiger partial charge in [-0.25, -0.2) is 9.37 Å². The van der Waals surface area contributed by atoms with E-state index in [2.05, 4.69) is 20.2 Å². The lowest BCUT2D eigenvalue weighted by Gasteiger charge is -2.11. The van der Waals surface area contributed by atoms with Gasteiger partial charge in [0, 0.05) is 12.6 Å². The van der Waals surface area contributed by atoms with Crippen LogP contribution in [-0.4, -0.2) is 42.1 Å². The lowest BCUT2D eigenvalue weighted by molar-refractivity contribution is 0.405. The van der Waals surface area contributed by atoms with Crippen molar-refractivity contribution in [1.82, 2.24) is 14.9 Å². The Morgan fingerprint density at radius 3 is 2.85 bits per heavy atom. The number of aromatic amines is 1. The summed E-state index contributed by atoms with van der Waals surface area (Å²) in [6.45, 7) is 3.24. The number of H-pyrrole nitrogens is 1. The topological polar surface area (TPSA) is 61.0 Å². The minimum atomic E-state index is -0.389. The molecule has 0 aliphatic rings. The van der Waals surface area contributed by atoms with E-state index in [1.807, 2.05) is 14.1 Å². The minimum Gasteiger partial charge on any atom is -0.383 e. The van der Waals surface area contributed by atoms with Crippen LogP contribution in [0.1, 0.15) is 12.2 Å². The van der Waals surface area contributed by atoms with Crippen LogP contribution in [0.5, 0.6) is 0 Å². The fourth-order valence-electron chi connectivity index (χ4n) is 2.03. The number of hydrogen-bond acceptors (Lipinski definition) is 4. The fraction of sp³-hybridized carbons (Fsp3) is 0.429. The molecule has 20 heavy (non-hydrogen) atoms. The molecule has 0 atom stereocenters. The van der Waals surface area contributed by atoms with Gasteiger partial charge in [0.25, 0.3) is 5.56 Å². The van der Waals surface area contributed by atoms with Crippen molar-refractivity contribution in [3.63, 3.8) is 0 Å². The van der Waals surface area contributed by atoms with E-state index in [4.69, 9.17) is 0 Å². The zero-order chi connectivity index (χ0) is 14.7. The summed E-state index contributed by atoms with van der Waals surface area (Å²) in [4.78, 5) is 20.6. The number of nitrogens with zero attached hydrogens (tertiary/aromatic N) is 2. The van der Waals surface area contributed by atoms with Crippen LogP contribution in [0.15, 0.2) is 16.9 Å². The van der Waals surface area contributed by atoms with Gasteiger partial charge < -0.3 is 15.2 Å². The SMILES string of the molecule is Cc1nc2cc(F)c(NCCCN(C)C)cc2c(=O)[nH]1. The molecule has 0 bridgehead atoms. The molecule has 0 amide bonds. The number of benzene rings is 1. The summed E-state index contributed by atoms with van der Waals surface area (Å²) in [7, 11) is 3.98. The van der Waals surface area contributed by atoms with Crippen LogP contribution >= 0.6 is 0 Å². The fourth-order valence-corrected chi connectivity index (χ4v) is 2.03. The van der Waals surface area contributed by atoms with Gasteiger partial charge in [-0.1, -0.05) is 0 Å². The Morgan fingerprint density at radius 1 is 1.40 bits per heavy atom. The van der Waals surface area contributed by atoms with Crippen LogP contribution in [0.25, 0.3) is 10.9 Å². The number of fused-ring (bicyclic) bond motifs is 1. The number of aromatic nitrogens is 2. The van der Waals surface area contributed by atoms with E-state index in [-0.39, 0.29) is 11.4 Å². The average Bonchev–Trinajstić information content (AvgIpc) is 2.34. The standard InChI is InChI=1S/C14H19FN4O/c1-9-17-12-8-11(15)13(7-10(12)14(20)18-9)16-5-4-6-19(2)3/h7-8,16H,4-6H2,1-3H3,(H,17,18,20). The number of rotatable bonds is 5. The highest BCUT2D eigenvalue weighted by atomic mass is 19.1. The third-order valence-corrected chi connectivity index (χ3v) is 3.01. The van der Waals surface area contributed by atoms with Gasteiger partial charge in [-0.3, -0.25) is 4.79 Å². The lowest BCUT2D eigenvalue weighted by Crippen LogP contribution is -2.17. The molecule has 0 saturated carbocycles. The number of anilines is 1. The highest BCUT2D eigenvalue weighted by Crippen LogP contribution is 2.19. The van der Waals surface area contributed by atoms with Crippen LogP contribution < -0.4 is 10.9 Å². The van der Waals surface area contributed by atoms with Gasteiger partial charge in [-0.2, -0.15) is 0 Å². The first-order valence-electron chi connectivity index (χ1n) is 6.56. The molecule has 0 spiro atoms. The lowest BCUT2D eigenvalue weighted by atomic mass is 10.2. The Kier molecular flexibility index (Phi) is 4.34. The van der Waals surface area contributed by atoms with Crippen molar-refractivity contribution in [2.24, 2.45) is 0 Å². The van der Waals surface area contributed by atoms with Gasteiger partial charge in [-0.05, 0) is 40.1 Å². The summed E-state index contributed by atoms with van der Waals surface area (Å²) in [6, 6.07) is 2.82. The molecule has 1 aromatic heterocycles. The smallest absolute Gasteiger partial charge is 0.258 e. The summed E-state index contributed by atoms with van der Waals surface area (Å²) in [5.74, 6) is 0.0912. The second-order valence-corrected chi connectivity index (χ2v) is 5.08. The maximum Gasteiger partial charge on any atom is 0.258 e. The molecular formula is C14H19FN4O. The largest absolute Gasteiger partial charge is 0.383 e. The molecule has 0 fully saturated rings. The molecule has 0 aliphatic heterocycles. The molecular weight excluding hydrogens is 259 g/mol. The van der Waals surface area contributed by atoms with Crippen LogP contribution in [-0.2, 0) is 0 Å². The van der Waals surface area contributed by atoms with Crippen molar-refractivity contribution >= 4 is 16.6 Å². The molecule has 2 rings (SSSR count). The summed E-state index contributed by atoms with van der Waals surface area (Å²) >= 11 is 0. The van der Waals surface area contributed by atoms with Gasteiger partial charge in [0.15, 0.2) is 0 Å². The Labute approximate surface area is 116 Å². The van der Waals surface area contributed by atoms with Crippen molar-refractivity contribution in [3.05, 3.63) is 34.1 Å². The Bertz CT molecular complexity index is 666. The van der Waals surface area contributed by atoms with Crippen molar-refractivity contribution in [3.8, 4) is 0 Å². The summed E-state index contributed by atoms with van der Waals surface area (Å²) in [6.07, 6.45) is 0.896. The van der Waals surface area contributed by atoms with Crippen LogP contribution in [0, 0.1) is 12.7 Å². The first kappa shape index (κ1) is 14.5. The molecule has 0 saturated heterocycles. The molecule has 2 aromatic rings. The number of halogens is 1. The summed E-state index contributed by atoms with van der Waals surface area (Å²) in [5.41, 5.74) is 0.471. The van der Waals surface area contributed by atoms with Crippen LogP contribution in [0.4, 0.5) is 10.1 Å². The van der Waals surface area contributed by atoms with E-state index in [0.29, 0.717) is 29.0 Å². The third-order valence-electron chi connectivity index (χ3n) is 3.01. The third kappa shape index (κ3) is 3.33. The van der Waals surface area contributed by atoms with E-state index in [0.717, 1.165) is 13.0 Å². The molecule has 1 aromatic carbocycles.